The van der Waals surface area contributed by atoms with Crippen molar-refractivity contribution in [3.8, 4) is 16.9 Å². The quantitative estimate of drug-likeness (QED) is 0.687. The molecule has 2 aromatic carbocycles. The van der Waals surface area contributed by atoms with Crippen molar-refractivity contribution >= 4 is 22.7 Å². The smallest absolute Gasteiger partial charge is 0.200 e. The minimum atomic E-state index is -0.0618. The van der Waals surface area contributed by atoms with E-state index in [9.17, 15) is 9.90 Å². The van der Waals surface area contributed by atoms with Crippen LogP contribution in [0.4, 0.5) is 0 Å². The molecule has 0 aliphatic heterocycles. The van der Waals surface area contributed by atoms with Crippen molar-refractivity contribution in [3.63, 3.8) is 0 Å². The number of fused-ring (bicyclic) bond motifs is 1. The van der Waals surface area contributed by atoms with Gasteiger partial charge in [0.25, 0.3) is 0 Å². The molecule has 1 aromatic heterocycles. The lowest BCUT2D eigenvalue weighted by atomic mass is 9.97. The van der Waals surface area contributed by atoms with Gasteiger partial charge in [-0.1, -0.05) is 26.0 Å². The molecule has 3 nitrogen and oxygen atoms in total. The molecule has 0 amide bonds. The average molecular weight is 326 g/mol. The highest BCUT2D eigenvalue weighted by molar-refractivity contribution is 7.98. The largest absolute Gasteiger partial charge is 0.508 e. The number of rotatable bonds is 3. The van der Waals surface area contributed by atoms with Crippen LogP contribution in [0, 0.1) is 0 Å². The van der Waals surface area contributed by atoms with Crippen LogP contribution in [0.5, 0.6) is 5.75 Å². The van der Waals surface area contributed by atoms with Gasteiger partial charge in [-0.25, -0.2) is 0 Å². The van der Waals surface area contributed by atoms with Gasteiger partial charge >= 0.3 is 0 Å². The minimum absolute atomic E-state index is 0.0578. The molecule has 0 atom stereocenters. The summed E-state index contributed by atoms with van der Waals surface area (Å²) >= 11 is 1.64. The summed E-state index contributed by atoms with van der Waals surface area (Å²) in [5.41, 5.74) is 1.83. The maximum Gasteiger partial charge on any atom is 0.200 e. The molecule has 118 valence electrons. The number of benzene rings is 2. The Bertz CT molecular complexity index is 926. The van der Waals surface area contributed by atoms with Crippen molar-refractivity contribution in [2.75, 3.05) is 6.26 Å². The van der Waals surface area contributed by atoms with Gasteiger partial charge in [0.2, 0.25) is 5.43 Å². The highest BCUT2D eigenvalue weighted by Gasteiger charge is 2.19. The van der Waals surface area contributed by atoms with Crippen LogP contribution >= 0.6 is 11.8 Å². The second-order valence-corrected chi connectivity index (χ2v) is 6.62. The van der Waals surface area contributed by atoms with E-state index in [2.05, 4.69) is 0 Å². The number of phenolic OH excluding ortho intramolecular Hbond substituents is 1. The van der Waals surface area contributed by atoms with Crippen molar-refractivity contribution in [2.24, 2.45) is 0 Å². The molecule has 1 heterocycles. The van der Waals surface area contributed by atoms with Gasteiger partial charge in [-0.2, -0.15) is 0 Å². The third-order valence-corrected chi connectivity index (χ3v) is 4.51. The third kappa shape index (κ3) is 2.86. The Labute approximate surface area is 139 Å². The summed E-state index contributed by atoms with van der Waals surface area (Å²) in [7, 11) is 0. The van der Waals surface area contributed by atoms with E-state index in [-0.39, 0.29) is 17.1 Å². The molecule has 0 aliphatic carbocycles. The first kappa shape index (κ1) is 15.7. The Hall–Kier alpha value is -2.20. The zero-order valence-corrected chi connectivity index (χ0v) is 14.1. The SMILES string of the molecule is CSc1cccc(-c2c(C(C)C)oc3cc(O)ccc3c2=O)c1. The van der Waals surface area contributed by atoms with Gasteiger partial charge < -0.3 is 9.52 Å². The van der Waals surface area contributed by atoms with E-state index in [1.54, 1.807) is 17.8 Å². The first-order valence-electron chi connectivity index (χ1n) is 7.45. The zero-order valence-electron chi connectivity index (χ0n) is 13.3. The second kappa shape index (κ2) is 6.13. The summed E-state index contributed by atoms with van der Waals surface area (Å²) in [6.07, 6.45) is 2.01. The normalized spacial score (nSPS) is 11.3. The zero-order chi connectivity index (χ0) is 16.6. The number of hydrogen-bond acceptors (Lipinski definition) is 4. The molecule has 1 N–H and O–H groups in total. The van der Waals surface area contributed by atoms with Gasteiger partial charge in [0.05, 0.1) is 10.9 Å². The standard InChI is InChI=1S/C19H18O3S/c1-11(2)19-17(12-5-4-6-14(9-12)23-3)18(21)15-8-7-13(20)10-16(15)22-19/h4-11,20H,1-3H3. The van der Waals surface area contributed by atoms with E-state index in [4.69, 9.17) is 4.42 Å². The van der Waals surface area contributed by atoms with E-state index in [0.29, 0.717) is 22.3 Å². The van der Waals surface area contributed by atoms with Gasteiger partial charge in [-0.05, 0) is 36.1 Å². The minimum Gasteiger partial charge on any atom is -0.508 e. The summed E-state index contributed by atoms with van der Waals surface area (Å²) in [6, 6.07) is 12.5. The lowest BCUT2D eigenvalue weighted by Crippen LogP contribution is -2.10. The Morgan fingerprint density at radius 1 is 1.13 bits per heavy atom. The van der Waals surface area contributed by atoms with Crippen LogP contribution in [0.25, 0.3) is 22.1 Å². The molecule has 0 aliphatic rings. The lowest BCUT2D eigenvalue weighted by molar-refractivity contribution is 0.470. The van der Waals surface area contributed by atoms with Crippen LogP contribution in [0.15, 0.2) is 56.6 Å². The third-order valence-electron chi connectivity index (χ3n) is 3.79. The highest BCUT2D eigenvalue weighted by atomic mass is 32.2. The second-order valence-electron chi connectivity index (χ2n) is 5.74. The molecule has 0 bridgehead atoms. The van der Waals surface area contributed by atoms with Crippen LogP contribution in [0.1, 0.15) is 25.5 Å². The topological polar surface area (TPSA) is 50.4 Å². The summed E-state index contributed by atoms with van der Waals surface area (Å²) in [5.74, 6) is 0.793. The Balaban J connectivity index is 2.38. The van der Waals surface area contributed by atoms with Crippen molar-refractivity contribution in [1.82, 2.24) is 0 Å². The van der Waals surface area contributed by atoms with Crippen LogP contribution in [0.3, 0.4) is 0 Å². The average Bonchev–Trinajstić information content (AvgIpc) is 2.54. The fourth-order valence-electron chi connectivity index (χ4n) is 2.66. The maximum atomic E-state index is 13.0. The van der Waals surface area contributed by atoms with E-state index in [1.165, 1.54) is 12.1 Å². The molecule has 0 radical (unpaired) electrons. The molecule has 3 rings (SSSR count). The Morgan fingerprint density at radius 2 is 1.91 bits per heavy atom. The van der Waals surface area contributed by atoms with Gasteiger partial charge in [-0.3, -0.25) is 4.79 Å². The number of aromatic hydroxyl groups is 1. The van der Waals surface area contributed by atoms with Crippen LogP contribution in [0.2, 0.25) is 0 Å². The van der Waals surface area contributed by atoms with E-state index in [0.717, 1.165) is 10.5 Å². The van der Waals surface area contributed by atoms with Gasteiger partial charge in [0.15, 0.2) is 0 Å². The molecule has 23 heavy (non-hydrogen) atoms. The Morgan fingerprint density at radius 3 is 2.61 bits per heavy atom. The van der Waals surface area contributed by atoms with Gasteiger partial charge in [0.1, 0.15) is 17.1 Å². The molecule has 0 saturated heterocycles. The molecule has 0 spiro atoms. The predicted octanol–water partition coefficient (Wildman–Crippen LogP) is 5.01. The van der Waals surface area contributed by atoms with Crippen molar-refractivity contribution in [3.05, 3.63) is 58.4 Å². The van der Waals surface area contributed by atoms with Crippen molar-refractivity contribution in [1.29, 1.82) is 0 Å². The predicted molar refractivity (Wildman–Crippen MR) is 95.5 cm³/mol. The summed E-state index contributed by atoms with van der Waals surface area (Å²) in [5, 5.41) is 10.1. The molecule has 3 aromatic rings. The molecule has 0 fully saturated rings. The number of thioether (sulfide) groups is 1. The van der Waals surface area contributed by atoms with Crippen LogP contribution in [-0.4, -0.2) is 11.4 Å². The van der Waals surface area contributed by atoms with Gasteiger partial charge in [0, 0.05) is 16.9 Å². The fourth-order valence-corrected chi connectivity index (χ4v) is 3.12. The monoisotopic (exact) mass is 326 g/mol. The van der Waals surface area contributed by atoms with E-state index < -0.39 is 0 Å². The molecular weight excluding hydrogens is 308 g/mol. The first-order valence-corrected chi connectivity index (χ1v) is 8.68. The van der Waals surface area contributed by atoms with Crippen molar-refractivity contribution < 1.29 is 9.52 Å². The number of phenols is 1. The van der Waals surface area contributed by atoms with Crippen LogP contribution in [-0.2, 0) is 0 Å². The van der Waals surface area contributed by atoms with E-state index >= 15 is 0 Å². The number of hydrogen-bond donors (Lipinski definition) is 1. The van der Waals surface area contributed by atoms with Gasteiger partial charge in [-0.15, -0.1) is 11.8 Å². The molecule has 4 heteroatoms. The van der Waals surface area contributed by atoms with Crippen molar-refractivity contribution in [2.45, 2.75) is 24.7 Å². The summed E-state index contributed by atoms with van der Waals surface area (Å²) in [6.45, 7) is 3.99. The summed E-state index contributed by atoms with van der Waals surface area (Å²) < 4.78 is 5.98. The lowest BCUT2D eigenvalue weighted by Gasteiger charge is -2.13. The molecular formula is C19H18O3S. The Kier molecular flexibility index (Phi) is 4.18. The molecule has 0 saturated carbocycles. The van der Waals surface area contributed by atoms with Crippen LogP contribution < -0.4 is 5.43 Å². The highest BCUT2D eigenvalue weighted by Crippen LogP contribution is 2.32. The summed E-state index contributed by atoms with van der Waals surface area (Å²) in [4.78, 5) is 14.1. The molecule has 0 unspecified atom stereocenters. The fraction of sp³-hybridized carbons (Fsp3) is 0.211. The first-order chi connectivity index (χ1) is 11.0. The van der Waals surface area contributed by atoms with E-state index in [1.807, 2.05) is 44.4 Å². The maximum absolute atomic E-state index is 13.0.